The van der Waals surface area contributed by atoms with Crippen molar-refractivity contribution >= 4 is 28.8 Å². The molecule has 0 unspecified atom stereocenters. The van der Waals surface area contributed by atoms with Crippen molar-refractivity contribution in [1.82, 2.24) is 14.8 Å². The highest BCUT2D eigenvalue weighted by Crippen LogP contribution is 2.28. The minimum atomic E-state index is -0.649. The molecule has 3 rings (SSSR count). The van der Waals surface area contributed by atoms with E-state index in [4.69, 9.17) is 4.74 Å². The lowest BCUT2D eigenvalue weighted by atomic mass is 10.00. The van der Waals surface area contributed by atoms with Crippen LogP contribution in [0.1, 0.15) is 64.7 Å². The molecule has 2 heterocycles. The van der Waals surface area contributed by atoms with Gasteiger partial charge in [-0.15, -0.1) is 0 Å². The molecule has 174 valence electrons. The lowest BCUT2D eigenvalue weighted by molar-refractivity contribution is -0.135. The fraction of sp³-hybridized carbons (Fsp3) is 0.560. The smallest absolute Gasteiger partial charge is 0.408 e. The number of benzene rings is 1. The maximum Gasteiger partial charge on any atom is 0.408 e. The molecule has 1 aromatic heterocycles. The molecule has 1 aromatic carbocycles. The second-order valence-electron chi connectivity index (χ2n) is 9.96. The SMILES string of the molecule is CC(=O)n1cc(C[C@@H]2CCCN2C(=O)[C@@H](NC(=O)OC(C)(C)C)C(C)C)c2ccccc21. The molecule has 0 bridgehead atoms. The van der Waals surface area contributed by atoms with E-state index in [-0.39, 0.29) is 23.8 Å². The van der Waals surface area contributed by atoms with Crippen LogP contribution < -0.4 is 5.32 Å². The van der Waals surface area contributed by atoms with Gasteiger partial charge in [0, 0.05) is 31.1 Å². The Balaban J connectivity index is 1.80. The number of likely N-dealkylation sites (tertiary alicyclic amines) is 1. The van der Waals surface area contributed by atoms with E-state index >= 15 is 0 Å². The number of carbonyl (C=O) groups is 3. The van der Waals surface area contributed by atoms with E-state index in [1.54, 1.807) is 32.3 Å². The second kappa shape index (κ2) is 9.35. The molecule has 2 aromatic rings. The first kappa shape index (κ1) is 23.8. The zero-order valence-electron chi connectivity index (χ0n) is 20.0. The normalized spacial score (nSPS) is 17.6. The molecule has 0 saturated carbocycles. The van der Waals surface area contributed by atoms with Crippen molar-refractivity contribution in [1.29, 1.82) is 0 Å². The van der Waals surface area contributed by atoms with Crippen LogP contribution in [0.2, 0.25) is 0 Å². The van der Waals surface area contributed by atoms with Crippen LogP contribution in [0.4, 0.5) is 4.79 Å². The number of hydrogen-bond donors (Lipinski definition) is 1. The molecule has 7 heteroatoms. The molecule has 1 saturated heterocycles. The molecule has 2 atom stereocenters. The van der Waals surface area contributed by atoms with Gasteiger partial charge in [0.25, 0.3) is 0 Å². The third kappa shape index (κ3) is 5.31. The quantitative estimate of drug-likeness (QED) is 0.746. The predicted octanol–water partition coefficient (Wildman–Crippen LogP) is 4.38. The van der Waals surface area contributed by atoms with Crippen LogP contribution in [0.3, 0.4) is 0 Å². The molecule has 1 N–H and O–H groups in total. The van der Waals surface area contributed by atoms with E-state index in [1.165, 1.54) is 0 Å². The topological polar surface area (TPSA) is 80.6 Å². The average Bonchev–Trinajstić information content (AvgIpc) is 3.29. The number of amides is 2. The van der Waals surface area contributed by atoms with Gasteiger partial charge in [-0.05, 0) is 57.6 Å². The highest BCUT2D eigenvalue weighted by Gasteiger charge is 2.36. The van der Waals surface area contributed by atoms with Crippen molar-refractivity contribution in [2.24, 2.45) is 5.92 Å². The summed E-state index contributed by atoms with van der Waals surface area (Å²) in [5.74, 6) is -0.187. The Bertz CT molecular complexity index is 1000. The lowest BCUT2D eigenvalue weighted by Gasteiger charge is -2.31. The van der Waals surface area contributed by atoms with Crippen LogP contribution >= 0.6 is 0 Å². The van der Waals surface area contributed by atoms with Crippen molar-refractivity contribution < 1.29 is 19.1 Å². The van der Waals surface area contributed by atoms with Crippen molar-refractivity contribution in [2.75, 3.05) is 6.54 Å². The number of para-hydroxylation sites is 1. The van der Waals surface area contributed by atoms with Crippen molar-refractivity contribution in [3.63, 3.8) is 0 Å². The van der Waals surface area contributed by atoms with Gasteiger partial charge < -0.3 is 15.0 Å². The summed E-state index contributed by atoms with van der Waals surface area (Å²) in [6, 6.07) is 7.23. The minimum Gasteiger partial charge on any atom is -0.444 e. The zero-order valence-corrected chi connectivity index (χ0v) is 20.0. The largest absolute Gasteiger partial charge is 0.444 e. The number of fused-ring (bicyclic) bond motifs is 1. The third-order valence-corrected chi connectivity index (χ3v) is 5.85. The second-order valence-corrected chi connectivity index (χ2v) is 9.96. The fourth-order valence-corrected chi connectivity index (χ4v) is 4.39. The molecule has 32 heavy (non-hydrogen) atoms. The van der Waals surface area contributed by atoms with Gasteiger partial charge >= 0.3 is 6.09 Å². The van der Waals surface area contributed by atoms with Gasteiger partial charge in [0.15, 0.2) is 0 Å². The van der Waals surface area contributed by atoms with Crippen molar-refractivity contribution in [2.45, 2.75) is 78.5 Å². The molecule has 1 fully saturated rings. The Labute approximate surface area is 190 Å². The van der Waals surface area contributed by atoms with Gasteiger partial charge in [-0.3, -0.25) is 14.2 Å². The lowest BCUT2D eigenvalue weighted by Crippen LogP contribution is -2.53. The monoisotopic (exact) mass is 441 g/mol. The fourth-order valence-electron chi connectivity index (χ4n) is 4.39. The minimum absolute atomic E-state index is 0.0235. The Kier molecular flexibility index (Phi) is 6.96. The standard InChI is InChI=1S/C25H35N3O4/c1-16(2)22(26-24(31)32-25(4,5)6)23(30)27-13-9-10-19(27)14-18-15-28(17(3)29)21-12-8-7-11-20(18)21/h7-8,11-12,15-16,19,22H,9-10,13-14H2,1-6H3,(H,26,31)/t19-,22-/m0/s1. The highest BCUT2D eigenvalue weighted by atomic mass is 16.6. The number of aromatic nitrogens is 1. The summed E-state index contributed by atoms with van der Waals surface area (Å²) in [5.41, 5.74) is 1.31. The number of alkyl carbamates (subject to hydrolysis) is 1. The summed E-state index contributed by atoms with van der Waals surface area (Å²) >= 11 is 0. The number of hydrogen-bond acceptors (Lipinski definition) is 4. The zero-order chi connectivity index (χ0) is 23.6. The molecular weight excluding hydrogens is 406 g/mol. The first-order valence-corrected chi connectivity index (χ1v) is 11.4. The van der Waals surface area contributed by atoms with Gasteiger partial charge in [0.1, 0.15) is 11.6 Å². The van der Waals surface area contributed by atoms with Gasteiger partial charge in [-0.2, -0.15) is 0 Å². The predicted molar refractivity (Wildman–Crippen MR) is 125 cm³/mol. The van der Waals surface area contributed by atoms with Crippen molar-refractivity contribution in [3.05, 3.63) is 36.0 Å². The van der Waals surface area contributed by atoms with Gasteiger partial charge in [0.05, 0.1) is 5.52 Å². The van der Waals surface area contributed by atoms with Crippen LogP contribution in [0.25, 0.3) is 10.9 Å². The van der Waals surface area contributed by atoms with Crippen molar-refractivity contribution in [3.8, 4) is 0 Å². The maximum absolute atomic E-state index is 13.5. The summed E-state index contributed by atoms with van der Waals surface area (Å²) in [6.07, 6.45) is 3.79. The Morgan fingerprint density at radius 3 is 2.50 bits per heavy atom. The molecule has 0 spiro atoms. The molecular formula is C25H35N3O4. The van der Waals surface area contributed by atoms with Crippen LogP contribution in [-0.4, -0.2) is 51.6 Å². The van der Waals surface area contributed by atoms with E-state index < -0.39 is 17.7 Å². The summed E-state index contributed by atoms with van der Waals surface area (Å²) in [5, 5.41) is 3.82. The summed E-state index contributed by atoms with van der Waals surface area (Å²) in [6.45, 7) is 11.5. The van der Waals surface area contributed by atoms with Crippen LogP contribution in [-0.2, 0) is 16.0 Å². The van der Waals surface area contributed by atoms with Crippen LogP contribution in [0, 0.1) is 5.92 Å². The van der Waals surface area contributed by atoms with Gasteiger partial charge in [-0.1, -0.05) is 32.0 Å². The highest BCUT2D eigenvalue weighted by molar-refractivity contribution is 5.93. The van der Waals surface area contributed by atoms with Crippen LogP contribution in [0.5, 0.6) is 0 Å². The van der Waals surface area contributed by atoms with Gasteiger partial charge in [0.2, 0.25) is 11.8 Å². The third-order valence-electron chi connectivity index (χ3n) is 5.85. The van der Waals surface area contributed by atoms with E-state index in [2.05, 4.69) is 5.32 Å². The molecule has 0 aliphatic carbocycles. The van der Waals surface area contributed by atoms with E-state index in [0.717, 1.165) is 29.3 Å². The Hall–Kier alpha value is -2.83. The van der Waals surface area contributed by atoms with Crippen LogP contribution in [0.15, 0.2) is 30.5 Å². The number of rotatable bonds is 5. The number of nitrogens with one attached hydrogen (secondary N) is 1. The number of nitrogens with zero attached hydrogens (tertiary/aromatic N) is 2. The first-order valence-electron chi connectivity index (χ1n) is 11.4. The molecule has 2 amide bonds. The number of ether oxygens (including phenoxy) is 1. The summed E-state index contributed by atoms with van der Waals surface area (Å²) < 4.78 is 7.04. The Morgan fingerprint density at radius 1 is 1.19 bits per heavy atom. The maximum atomic E-state index is 13.5. The summed E-state index contributed by atoms with van der Waals surface area (Å²) in [7, 11) is 0. The summed E-state index contributed by atoms with van der Waals surface area (Å²) in [4.78, 5) is 39.8. The number of carbonyl (C=O) groups excluding carboxylic acids is 3. The molecule has 0 radical (unpaired) electrons. The van der Waals surface area contributed by atoms with E-state index in [9.17, 15) is 14.4 Å². The van der Waals surface area contributed by atoms with Gasteiger partial charge in [-0.25, -0.2) is 4.79 Å². The van der Waals surface area contributed by atoms with E-state index in [1.807, 2.05) is 49.2 Å². The Morgan fingerprint density at radius 2 is 1.88 bits per heavy atom. The molecule has 1 aliphatic rings. The molecule has 7 nitrogen and oxygen atoms in total. The average molecular weight is 442 g/mol. The van der Waals surface area contributed by atoms with E-state index in [0.29, 0.717) is 13.0 Å². The molecule has 1 aliphatic heterocycles. The first-order chi connectivity index (χ1) is 15.0.